The van der Waals surface area contributed by atoms with Crippen LogP contribution in [0.1, 0.15) is 58.8 Å². The highest BCUT2D eigenvalue weighted by molar-refractivity contribution is 5.76. The summed E-state index contributed by atoms with van der Waals surface area (Å²) in [4.78, 5) is 11.9. The first kappa shape index (κ1) is 14.5. The molecule has 0 radical (unpaired) electrons. The average Bonchev–Trinajstić information content (AvgIpc) is 2.37. The highest BCUT2D eigenvalue weighted by Crippen LogP contribution is 2.26. The molecule has 0 spiro atoms. The Morgan fingerprint density at radius 1 is 1.35 bits per heavy atom. The molecule has 1 amide bonds. The van der Waals surface area contributed by atoms with Crippen molar-refractivity contribution in [1.82, 2.24) is 5.32 Å². The van der Waals surface area contributed by atoms with Gasteiger partial charge in [0.25, 0.3) is 0 Å². The third kappa shape index (κ3) is 5.07. The molecule has 1 rings (SSSR count). The van der Waals surface area contributed by atoms with E-state index in [0.717, 1.165) is 6.42 Å². The third-order valence-corrected chi connectivity index (χ3v) is 4.13. The number of nitrogens with two attached hydrogens (primary N) is 1. The van der Waals surface area contributed by atoms with E-state index in [1.807, 2.05) is 0 Å². The molecular formula is C14H28N2O. The van der Waals surface area contributed by atoms with Gasteiger partial charge in [0.2, 0.25) is 5.91 Å². The van der Waals surface area contributed by atoms with Crippen molar-refractivity contribution in [2.45, 2.75) is 64.8 Å². The first-order chi connectivity index (χ1) is 8.17. The normalized spacial score (nSPS) is 20.9. The zero-order valence-corrected chi connectivity index (χ0v) is 11.4. The minimum absolute atomic E-state index is 0.181. The number of hydrogen-bond donors (Lipinski definition) is 2. The lowest BCUT2D eigenvalue weighted by atomic mass is 9.84. The van der Waals surface area contributed by atoms with E-state index in [1.165, 1.54) is 32.1 Å². The van der Waals surface area contributed by atoms with Gasteiger partial charge >= 0.3 is 0 Å². The standard InChI is InChI=1S/C14H28N2O/c1-3-12(10-15)9-14(17)16-11(2)13-7-5-4-6-8-13/h11-13H,3-10,15H2,1-2H3,(H,16,17)/t11-,12?/m1/s1. The van der Waals surface area contributed by atoms with Gasteiger partial charge in [0.1, 0.15) is 0 Å². The van der Waals surface area contributed by atoms with Crippen molar-refractivity contribution >= 4 is 5.91 Å². The van der Waals surface area contributed by atoms with E-state index in [-0.39, 0.29) is 5.91 Å². The summed E-state index contributed by atoms with van der Waals surface area (Å²) in [6.07, 6.45) is 8.13. The van der Waals surface area contributed by atoms with Gasteiger partial charge in [0.15, 0.2) is 0 Å². The largest absolute Gasteiger partial charge is 0.353 e. The molecule has 1 aliphatic carbocycles. The van der Waals surface area contributed by atoms with Crippen LogP contribution in [0.3, 0.4) is 0 Å². The molecule has 100 valence electrons. The van der Waals surface area contributed by atoms with E-state index >= 15 is 0 Å². The molecule has 1 fully saturated rings. The number of hydrogen-bond acceptors (Lipinski definition) is 2. The van der Waals surface area contributed by atoms with Crippen LogP contribution in [0.15, 0.2) is 0 Å². The first-order valence-electron chi connectivity index (χ1n) is 7.16. The van der Waals surface area contributed by atoms with E-state index in [1.54, 1.807) is 0 Å². The van der Waals surface area contributed by atoms with Crippen LogP contribution in [0.4, 0.5) is 0 Å². The summed E-state index contributed by atoms with van der Waals surface area (Å²) in [7, 11) is 0. The summed E-state index contributed by atoms with van der Waals surface area (Å²) in [6, 6.07) is 0.332. The van der Waals surface area contributed by atoms with E-state index in [2.05, 4.69) is 19.2 Å². The topological polar surface area (TPSA) is 55.1 Å². The molecule has 0 aromatic carbocycles. The minimum Gasteiger partial charge on any atom is -0.353 e. The lowest BCUT2D eigenvalue weighted by Crippen LogP contribution is -2.40. The lowest BCUT2D eigenvalue weighted by Gasteiger charge is -2.28. The number of amides is 1. The molecule has 0 aromatic rings. The smallest absolute Gasteiger partial charge is 0.220 e. The predicted molar refractivity (Wildman–Crippen MR) is 71.6 cm³/mol. The number of carbonyl (C=O) groups excluding carboxylic acids is 1. The molecule has 2 atom stereocenters. The fourth-order valence-electron chi connectivity index (χ4n) is 2.72. The summed E-state index contributed by atoms with van der Waals surface area (Å²) in [5, 5.41) is 3.15. The van der Waals surface area contributed by atoms with Crippen molar-refractivity contribution in [2.75, 3.05) is 6.54 Å². The van der Waals surface area contributed by atoms with Crippen molar-refractivity contribution in [3.63, 3.8) is 0 Å². The first-order valence-corrected chi connectivity index (χ1v) is 7.16. The summed E-state index contributed by atoms with van der Waals surface area (Å²) in [5.74, 6) is 1.21. The minimum atomic E-state index is 0.181. The Morgan fingerprint density at radius 2 is 2.00 bits per heavy atom. The van der Waals surface area contributed by atoms with E-state index in [4.69, 9.17) is 5.73 Å². The number of rotatable bonds is 6. The Bertz CT molecular complexity index is 220. The summed E-state index contributed by atoms with van der Waals surface area (Å²) < 4.78 is 0. The van der Waals surface area contributed by atoms with Gasteiger partial charge in [-0.05, 0) is 38.1 Å². The Morgan fingerprint density at radius 3 is 2.53 bits per heavy atom. The van der Waals surface area contributed by atoms with Crippen molar-refractivity contribution in [3.05, 3.63) is 0 Å². The van der Waals surface area contributed by atoms with Crippen molar-refractivity contribution in [1.29, 1.82) is 0 Å². The van der Waals surface area contributed by atoms with Crippen LogP contribution in [0.5, 0.6) is 0 Å². The van der Waals surface area contributed by atoms with Crippen LogP contribution < -0.4 is 11.1 Å². The molecule has 0 saturated heterocycles. The molecule has 0 aromatic heterocycles. The second kappa shape index (κ2) is 7.70. The Hall–Kier alpha value is -0.570. The summed E-state index contributed by atoms with van der Waals surface area (Å²) in [5.41, 5.74) is 5.63. The zero-order valence-electron chi connectivity index (χ0n) is 11.4. The van der Waals surface area contributed by atoms with Gasteiger partial charge in [-0.25, -0.2) is 0 Å². The van der Waals surface area contributed by atoms with E-state index in [0.29, 0.717) is 30.8 Å². The van der Waals surface area contributed by atoms with Crippen LogP contribution in [-0.2, 0) is 4.79 Å². The van der Waals surface area contributed by atoms with Gasteiger partial charge in [0.05, 0.1) is 0 Å². The average molecular weight is 240 g/mol. The van der Waals surface area contributed by atoms with Gasteiger partial charge in [-0.2, -0.15) is 0 Å². The van der Waals surface area contributed by atoms with Crippen molar-refractivity contribution < 1.29 is 4.79 Å². The van der Waals surface area contributed by atoms with Gasteiger partial charge in [-0.3, -0.25) is 4.79 Å². The quantitative estimate of drug-likeness (QED) is 0.749. The third-order valence-electron chi connectivity index (χ3n) is 4.13. The van der Waals surface area contributed by atoms with Crippen LogP contribution in [-0.4, -0.2) is 18.5 Å². The maximum Gasteiger partial charge on any atom is 0.220 e. The Labute approximate surface area is 106 Å². The molecule has 3 N–H and O–H groups in total. The fraction of sp³-hybridized carbons (Fsp3) is 0.929. The Kier molecular flexibility index (Phi) is 6.56. The monoisotopic (exact) mass is 240 g/mol. The van der Waals surface area contributed by atoms with Crippen molar-refractivity contribution in [3.8, 4) is 0 Å². The number of carbonyl (C=O) groups is 1. The van der Waals surface area contributed by atoms with Crippen LogP contribution >= 0.6 is 0 Å². The molecule has 1 unspecified atom stereocenters. The Balaban J connectivity index is 2.29. The zero-order chi connectivity index (χ0) is 12.7. The van der Waals surface area contributed by atoms with Crippen LogP contribution in [0.2, 0.25) is 0 Å². The van der Waals surface area contributed by atoms with E-state index < -0.39 is 0 Å². The van der Waals surface area contributed by atoms with Gasteiger partial charge in [-0.1, -0.05) is 32.6 Å². The summed E-state index contributed by atoms with van der Waals surface area (Å²) >= 11 is 0. The highest BCUT2D eigenvalue weighted by Gasteiger charge is 2.22. The molecule has 3 heteroatoms. The molecule has 0 heterocycles. The molecule has 3 nitrogen and oxygen atoms in total. The maximum absolute atomic E-state index is 11.9. The van der Waals surface area contributed by atoms with Gasteiger partial charge < -0.3 is 11.1 Å². The highest BCUT2D eigenvalue weighted by atomic mass is 16.1. The molecule has 17 heavy (non-hydrogen) atoms. The maximum atomic E-state index is 11.9. The fourth-order valence-corrected chi connectivity index (χ4v) is 2.72. The molecule has 1 aliphatic rings. The van der Waals surface area contributed by atoms with E-state index in [9.17, 15) is 4.79 Å². The van der Waals surface area contributed by atoms with Crippen LogP contribution in [0.25, 0.3) is 0 Å². The molecule has 0 bridgehead atoms. The van der Waals surface area contributed by atoms with Crippen molar-refractivity contribution in [2.24, 2.45) is 17.6 Å². The second-order valence-corrected chi connectivity index (χ2v) is 5.47. The van der Waals surface area contributed by atoms with Crippen LogP contribution in [0, 0.1) is 11.8 Å². The molecule has 0 aliphatic heterocycles. The summed E-state index contributed by atoms with van der Waals surface area (Å²) in [6.45, 7) is 4.86. The predicted octanol–water partition coefficient (Wildman–Crippen LogP) is 2.45. The molecular weight excluding hydrogens is 212 g/mol. The number of nitrogens with one attached hydrogen (secondary N) is 1. The van der Waals surface area contributed by atoms with Gasteiger partial charge in [-0.15, -0.1) is 0 Å². The van der Waals surface area contributed by atoms with Gasteiger partial charge in [0, 0.05) is 12.5 Å². The lowest BCUT2D eigenvalue weighted by molar-refractivity contribution is -0.123. The second-order valence-electron chi connectivity index (χ2n) is 5.47. The molecule has 1 saturated carbocycles. The SMILES string of the molecule is CCC(CN)CC(=O)N[C@H](C)C1CCCCC1.